The predicted molar refractivity (Wildman–Crippen MR) is 75.0 cm³/mol. The van der Waals surface area contributed by atoms with Crippen molar-refractivity contribution in [3.05, 3.63) is 42.2 Å². The molecule has 0 unspecified atom stereocenters. The summed E-state index contributed by atoms with van der Waals surface area (Å²) in [4.78, 5) is 12.1. The first-order chi connectivity index (χ1) is 9.72. The summed E-state index contributed by atoms with van der Waals surface area (Å²) in [7, 11) is 0. The van der Waals surface area contributed by atoms with E-state index in [9.17, 15) is 9.90 Å². The fourth-order valence-electron chi connectivity index (χ4n) is 2.56. The average molecular weight is 271 g/mol. The van der Waals surface area contributed by atoms with Crippen molar-refractivity contribution >= 4 is 5.91 Å². The van der Waals surface area contributed by atoms with Gasteiger partial charge >= 0.3 is 0 Å². The highest BCUT2D eigenvalue weighted by atomic mass is 16.3. The molecule has 20 heavy (non-hydrogen) atoms. The van der Waals surface area contributed by atoms with Crippen LogP contribution in [0.4, 0.5) is 0 Å². The van der Waals surface area contributed by atoms with E-state index in [0.29, 0.717) is 11.6 Å². The second kappa shape index (κ2) is 5.36. The van der Waals surface area contributed by atoms with Gasteiger partial charge in [-0.2, -0.15) is 5.10 Å². The average Bonchev–Trinajstić information content (AvgIpc) is 3.09. The normalized spacial score (nSPS) is 15.4. The van der Waals surface area contributed by atoms with Gasteiger partial charge in [0.1, 0.15) is 5.75 Å². The molecule has 1 aliphatic carbocycles. The van der Waals surface area contributed by atoms with Gasteiger partial charge in [-0.05, 0) is 25.0 Å². The predicted octanol–water partition coefficient (Wildman–Crippen LogP) is 2.25. The number of aromatic nitrogens is 2. The number of nitrogens with zero attached hydrogens (tertiary/aromatic N) is 2. The Labute approximate surface area is 117 Å². The Bertz CT molecular complexity index is 615. The molecule has 1 heterocycles. The number of benzene rings is 1. The maximum absolute atomic E-state index is 12.1. The highest BCUT2D eigenvalue weighted by molar-refractivity contribution is 5.94. The quantitative estimate of drug-likeness (QED) is 0.899. The fourth-order valence-corrected chi connectivity index (χ4v) is 2.56. The molecular weight excluding hydrogens is 254 g/mol. The van der Waals surface area contributed by atoms with E-state index in [1.54, 1.807) is 35.3 Å². The van der Waals surface area contributed by atoms with Crippen molar-refractivity contribution < 1.29 is 9.90 Å². The second-order valence-electron chi connectivity index (χ2n) is 5.15. The van der Waals surface area contributed by atoms with E-state index in [0.717, 1.165) is 18.5 Å². The summed E-state index contributed by atoms with van der Waals surface area (Å²) in [6, 6.07) is 7.06. The number of hydrogen-bond donors (Lipinski definition) is 2. The molecular formula is C15H17N3O2. The van der Waals surface area contributed by atoms with Gasteiger partial charge < -0.3 is 10.4 Å². The van der Waals surface area contributed by atoms with Gasteiger partial charge in [-0.3, -0.25) is 4.79 Å². The third kappa shape index (κ3) is 2.66. The molecule has 1 aliphatic rings. The summed E-state index contributed by atoms with van der Waals surface area (Å²) in [6.45, 7) is 0. The highest BCUT2D eigenvalue weighted by Gasteiger charge is 2.18. The molecule has 0 bridgehead atoms. The molecule has 1 aromatic heterocycles. The Morgan fingerprint density at radius 1 is 1.35 bits per heavy atom. The van der Waals surface area contributed by atoms with E-state index in [4.69, 9.17) is 0 Å². The molecule has 5 nitrogen and oxygen atoms in total. The largest absolute Gasteiger partial charge is 0.508 e. The van der Waals surface area contributed by atoms with Crippen molar-refractivity contribution in [2.45, 2.75) is 31.7 Å². The summed E-state index contributed by atoms with van der Waals surface area (Å²) < 4.78 is 1.59. The molecule has 0 radical (unpaired) electrons. The maximum Gasteiger partial charge on any atom is 0.254 e. The molecule has 0 spiro atoms. The van der Waals surface area contributed by atoms with Crippen LogP contribution in [-0.2, 0) is 0 Å². The lowest BCUT2D eigenvalue weighted by Gasteiger charge is -2.10. The molecule has 5 heteroatoms. The van der Waals surface area contributed by atoms with Crippen molar-refractivity contribution in [1.29, 1.82) is 0 Å². The smallest absolute Gasteiger partial charge is 0.254 e. The number of carbonyl (C=O) groups is 1. The van der Waals surface area contributed by atoms with Gasteiger partial charge in [0, 0.05) is 18.3 Å². The Kier molecular flexibility index (Phi) is 3.41. The SMILES string of the molecule is O=C(NC1CCCC1)c1cnn(-c2cccc(O)c2)c1. The van der Waals surface area contributed by atoms with Gasteiger partial charge in [-0.15, -0.1) is 0 Å². The Morgan fingerprint density at radius 2 is 2.15 bits per heavy atom. The minimum atomic E-state index is -0.0803. The van der Waals surface area contributed by atoms with Gasteiger partial charge in [0.2, 0.25) is 0 Å². The van der Waals surface area contributed by atoms with Crippen LogP contribution in [0, 0.1) is 0 Å². The number of phenolic OH excluding ortho intramolecular Hbond substituents is 1. The molecule has 2 aromatic rings. The minimum absolute atomic E-state index is 0.0803. The number of nitrogens with one attached hydrogen (secondary N) is 1. The zero-order chi connectivity index (χ0) is 13.9. The monoisotopic (exact) mass is 271 g/mol. The molecule has 104 valence electrons. The van der Waals surface area contributed by atoms with Crippen molar-refractivity contribution in [2.24, 2.45) is 0 Å². The van der Waals surface area contributed by atoms with Crippen LogP contribution in [0.2, 0.25) is 0 Å². The molecule has 0 atom stereocenters. The Morgan fingerprint density at radius 3 is 2.90 bits per heavy atom. The van der Waals surface area contributed by atoms with Crippen LogP contribution in [0.5, 0.6) is 5.75 Å². The van der Waals surface area contributed by atoms with E-state index in [2.05, 4.69) is 10.4 Å². The number of phenols is 1. The van der Waals surface area contributed by atoms with E-state index in [-0.39, 0.29) is 11.7 Å². The van der Waals surface area contributed by atoms with E-state index in [1.165, 1.54) is 12.8 Å². The van der Waals surface area contributed by atoms with Gasteiger partial charge in [0.25, 0.3) is 5.91 Å². The van der Waals surface area contributed by atoms with E-state index >= 15 is 0 Å². The minimum Gasteiger partial charge on any atom is -0.508 e. The standard InChI is InChI=1S/C15H17N3O2/c19-14-7-3-6-13(8-14)18-10-11(9-16-18)15(20)17-12-4-1-2-5-12/h3,6-10,12,19H,1-2,4-5H2,(H,17,20). The molecule has 0 aliphatic heterocycles. The van der Waals surface area contributed by atoms with E-state index in [1.807, 2.05) is 6.07 Å². The number of aromatic hydroxyl groups is 1. The van der Waals surface area contributed by atoms with E-state index < -0.39 is 0 Å². The first kappa shape index (κ1) is 12.7. The molecule has 1 saturated carbocycles. The van der Waals surface area contributed by atoms with Gasteiger partial charge in [0.15, 0.2) is 0 Å². The lowest BCUT2D eigenvalue weighted by molar-refractivity contribution is 0.0938. The highest BCUT2D eigenvalue weighted by Crippen LogP contribution is 2.18. The van der Waals surface area contributed by atoms with Crippen molar-refractivity contribution in [2.75, 3.05) is 0 Å². The first-order valence-corrected chi connectivity index (χ1v) is 6.87. The topological polar surface area (TPSA) is 67.2 Å². The van der Waals surface area contributed by atoms with Crippen LogP contribution in [0.25, 0.3) is 5.69 Å². The Hall–Kier alpha value is -2.30. The van der Waals surface area contributed by atoms with Gasteiger partial charge in [-0.1, -0.05) is 18.9 Å². The molecule has 0 saturated heterocycles. The zero-order valence-corrected chi connectivity index (χ0v) is 11.1. The summed E-state index contributed by atoms with van der Waals surface area (Å²) >= 11 is 0. The van der Waals surface area contributed by atoms with Crippen molar-refractivity contribution in [3.63, 3.8) is 0 Å². The molecule has 1 aromatic carbocycles. The first-order valence-electron chi connectivity index (χ1n) is 6.87. The second-order valence-corrected chi connectivity index (χ2v) is 5.15. The van der Waals surface area contributed by atoms with Gasteiger partial charge in [0.05, 0.1) is 17.4 Å². The summed E-state index contributed by atoms with van der Waals surface area (Å²) in [5.41, 5.74) is 1.27. The van der Waals surface area contributed by atoms with Crippen LogP contribution in [0.15, 0.2) is 36.7 Å². The molecule has 1 amide bonds. The Balaban J connectivity index is 1.74. The van der Waals surface area contributed by atoms with Crippen LogP contribution >= 0.6 is 0 Å². The summed E-state index contributed by atoms with van der Waals surface area (Å²) in [5.74, 6) is 0.0956. The lowest BCUT2D eigenvalue weighted by Crippen LogP contribution is -2.32. The number of amides is 1. The van der Waals surface area contributed by atoms with Crippen molar-refractivity contribution in [1.82, 2.24) is 15.1 Å². The fraction of sp³-hybridized carbons (Fsp3) is 0.333. The third-order valence-corrected chi connectivity index (χ3v) is 3.63. The maximum atomic E-state index is 12.1. The zero-order valence-electron chi connectivity index (χ0n) is 11.1. The van der Waals surface area contributed by atoms with Crippen LogP contribution in [0.1, 0.15) is 36.0 Å². The van der Waals surface area contributed by atoms with Crippen LogP contribution < -0.4 is 5.32 Å². The molecule has 3 rings (SSSR count). The third-order valence-electron chi connectivity index (χ3n) is 3.63. The van der Waals surface area contributed by atoms with Crippen LogP contribution in [0.3, 0.4) is 0 Å². The molecule has 1 fully saturated rings. The summed E-state index contributed by atoms with van der Waals surface area (Å²) in [6.07, 6.45) is 7.73. The number of hydrogen-bond acceptors (Lipinski definition) is 3. The number of rotatable bonds is 3. The number of carbonyl (C=O) groups excluding carboxylic acids is 1. The summed E-state index contributed by atoms with van der Waals surface area (Å²) in [5, 5.41) is 16.7. The van der Waals surface area contributed by atoms with Crippen LogP contribution in [-0.4, -0.2) is 26.8 Å². The van der Waals surface area contributed by atoms with Gasteiger partial charge in [-0.25, -0.2) is 4.68 Å². The van der Waals surface area contributed by atoms with Crippen molar-refractivity contribution in [3.8, 4) is 11.4 Å². The molecule has 2 N–H and O–H groups in total. The lowest BCUT2D eigenvalue weighted by atomic mass is 10.2.